The monoisotopic (exact) mass is 1600 g/mol. The van der Waals surface area contributed by atoms with Crippen LogP contribution in [0.4, 0.5) is 46.5 Å². The van der Waals surface area contributed by atoms with Gasteiger partial charge in [0, 0.05) is 107 Å². The zero-order valence-electron chi connectivity index (χ0n) is 67.0. The molecule has 0 aliphatic heterocycles. The van der Waals surface area contributed by atoms with Gasteiger partial charge in [0.1, 0.15) is 46.0 Å². The molecule has 10 N–H and O–H groups in total. The van der Waals surface area contributed by atoms with E-state index in [1.165, 1.54) is 19.3 Å². The van der Waals surface area contributed by atoms with E-state index in [4.69, 9.17) is 29.9 Å². The summed E-state index contributed by atoms with van der Waals surface area (Å²) in [5, 5.41) is 50.7. The molecule has 604 valence electrons. The minimum absolute atomic E-state index is 0.0759. The molecule has 8 aromatic heterocycles. The normalized spacial score (nSPS) is 11.7. The Morgan fingerprint density at radius 1 is 0.355 bits per heavy atom. The van der Waals surface area contributed by atoms with Crippen molar-refractivity contribution >= 4 is 114 Å². The third-order valence-electron chi connectivity index (χ3n) is 19.9. The maximum absolute atomic E-state index is 12.9. The number of anilines is 8. The van der Waals surface area contributed by atoms with E-state index in [9.17, 15) is 19.2 Å². The Balaban J connectivity index is 0.000000126. The number of hydrogen-bond acceptors (Lipinski definition) is 20. The molecule has 9 aromatic carbocycles. The van der Waals surface area contributed by atoms with Crippen molar-refractivity contribution in [2.45, 2.75) is 71.9 Å². The lowest BCUT2D eigenvalue weighted by Crippen LogP contribution is -2.36. The predicted molar refractivity (Wildman–Crippen MR) is 474 cm³/mol. The van der Waals surface area contributed by atoms with Crippen LogP contribution in [0.15, 0.2) is 273 Å². The van der Waals surface area contributed by atoms with Gasteiger partial charge >= 0.3 is 0 Å². The van der Waals surface area contributed by atoms with E-state index < -0.39 is 0 Å². The number of fused-ring (bicyclic) bond motifs is 4. The number of para-hydroxylation sites is 4. The van der Waals surface area contributed by atoms with Gasteiger partial charge in [0.25, 0.3) is 23.6 Å². The van der Waals surface area contributed by atoms with Crippen LogP contribution in [0.25, 0.3) is 89.2 Å². The number of hydrogen-bond donors (Lipinski definition) is 10. The third kappa shape index (κ3) is 20.2. The predicted octanol–water partition coefficient (Wildman–Crippen LogP) is 18.0. The zero-order valence-corrected chi connectivity index (χ0v) is 67.0. The molecule has 0 saturated heterocycles. The van der Waals surface area contributed by atoms with Gasteiger partial charge in [0.15, 0.2) is 46.6 Å². The van der Waals surface area contributed by atoms with Gasteiger partial charge in [-0.2, -0.15) is 20.4 Å². The van der Waals surface area contributed by atoms with E-state index in [0.717, 1.165) is 90.7 Å². The summed E-state index contributed by atoms with van der Waals surface area (Å²) in [6.45, 7) is 8.34. The molecule has 4 amide bonds. The Morgan fingerprint density at radius 3 is 1.01 bits per heavy atom. The molecule has 17 aromatic rings. The van der Waals surface area contributed by atoms with Gasteiger partial charge in [-0.15, -0.1) is 0 Å². The summed E-state index contributed by atoms with van der Waals surface area (Å²) in [5.41, 5.74) is 9.79. The average molecular weight is 1610 g/mol. The van der Waals surface area contributed by atoms with Gasteiger partial charge in [-0.3, -0.25) is 39.6 Å². The van der Waals surface area contributed by atoms with E-state index >= 15 is 0 Å². The van der Waals surface area contributed by atoms with Crippen molar-refractivity contribution in [3.05, 3.63) is 301 Å². The van der Waals surface area contributed by atoms with Gasteiger partial charge in [0.05, 0.1) is 22.1 Å². The second-order valence-corrected chi connectivity index (χ2v) is 28.5. The quantitative estimate of drug-likeness (QED) is 0.0284. The van der Waals surface area contributed by atoms with Crippen LogP contribution < -0.4 is 31.9 Å². The third-order valence-corrected chi connectivity index (χ3v) is 19.9. The molecule has 0 radical (unpaired) electrons. The highest BCUT2D eigenvalue weighted by atomic mass is 16.2. The second-order valence-electron chi connectivity index (χ2n) is 28.5. The van der Waals surface area contributed by atoms with E-state index in [1.54, 1.807) is 41.1 Å². The summed E-state index contributed by atoms with van der Waals surface area (Å²) >= 11 is 0. The molecule has 1 saturated carbocycles. The maximum atomic E-state index is 12.9. The minimum Gasteiger partial charge on any atom is -0.351 e. The van der Waals surface area contributed by atoms with Crippen molar-refractivity contribution in [3.63, 3.8) is 0 Å². The van der Waals surface area contributed by atoms with Gasteiger partial charge in [-0.1, -0.05) is 226 Å². The Bertz CT molecular complexity index is 6380. The molecule has 18 rings (SSSR count). The largest absolute Gasteiger partial charge is 0.351 e. The number of benzene rings is 9. The molecule has 1 aliphatic carbocycles. The molecule has 121 heavy (non-hydrogen) atoms. The van der Waals surface area contributed by atoms with E-state index in [2.05, 4.69) is 82.7 Å². The van der Waals surface area contributed by atoms with E-state index in [1.807, 2.05) is 269 Å². The van der Waals surface area contributed by atoms with Crippen molar-refractivity contribution in [2.24, 2.45) is 0 Å². The first-order valence-corrected chi connectivity index (χ1v) is 40.1. The standard InChI is InChI=1S/C26H22N6O.C24H24N6O.C22H22N6O.C21H20N6O/c1-32(17-18-10-4-2-5-11-18)26(33)22-16-23(31-30-22)28-25-20-14-8-9-15-21(20)27-24(29-25)19-12-6-3-7-13-19;31-24(25-17-11-5-2-6-12-17)20-15-21(30-29-20)27-23-18-13-7-8-14-19(18)26-22(28-23)16-9-3-1-4-10-16;1-3-28(4-2)22(29)18-14-19(27-26-18)24-21-16-12-8-9-13-17(16)23-20(25-21)15-10-6-5-7-11-15;1-2-12-22-21(28)17-13-18(27-26-17)24-20-15-10-6-7-11-16(15)23-19(25-20)14-8-4-3-5-9-14/h2-16H,17H2,1H3,(H2,27,28,29,30,31);1,3-4,7-10,13-15,17H,2,5-6,11-12H2,(H,25,31)(H2,26,27,28,29,30);5-14H,3-4H2,1-2H3,(H2,23,24,25,26,27);3-11,13H,2,12H2,1H3,(H,22,28)(H2,23,24,25,26,27). The smallest absolute Gasteiger partial charge is 0.271 e. The number of H-pyrrole nitrogens is 4. The number of amides is 4. The van der Waals surface area contributed by atoms with Crippen LogP contribution in [0.5, 0.6) is 0 Å². The minimum atomic E-state index is -0.181. The molecule has 28 heteroatoms. The summed E-state index contributed by atoms with van der Waals surface area (Å²) in [6.07, 6.45) is 6.55. The number of carbonyl (C=O) groups is 4. The Morgan fingerprint density at radius 2 is 0.661 bits per heavy atom. The molecule has 1 fully saturated rings. The van der Waals surface area contributed by atoms with Crippen LogP contribution in [0.3, 0.4) is 0 Å². The molecule has 28 nitrogen and oxygen atoms in total. The number of aromatic nitrogens is 16. The SMILES string of the molecule is CCCNC(=O)c1cc(Nc2nc(-c3ccccc3)nc3ccccc23)n[nH]1.CCN(CC)C(=O)c1cc(Nc2nc(-c3ccccc3)nc3ccccc23)n[nH]1.CN(Cc1ccccc1)C(=O)c1cc(Nc2nc(-c3ccccc3)nc3ccccc23)n[nH]1.O=C(NC1CCCCC1)c1cc(Nc2nc(-c3ccccc3)nc3ccccc23)n[nH]1. The van der Waals surface area contributed by atoms with Gasteiger partial charge in [-0.05, 0) is 87.2 Å². The Hall–Kier alpha value is -15.7. The van der Waals surface area contributed by atoms with Crippen LogP contribution >= 0.6 is 0 Å². The molecular weight excluding hydrogens is 1520 g/mol. The summed E-state index contributed by atoms with van der Waals surface area (Å²) in [7, 11) is 1.77. The van der Waals surface area contributed by atoms with Crippen LogP contribution in [-0.2, 0) is 6.54 Å². The van der Waals surface area contributed by atoms with E-state index in [0.29, 0.717) is 119 Å². The molecule has 0 spiro atoms. The van der Waals surface area contributed by atoms with Gasteiger partial charge in [0.2, 0.25) is 0 Å². The summed E-state index contributed by atoms with van der Waals surface area (Å²) < 4.78 is 0. The Kier molecular flexibility index (Phi) is 25.8. The number of carbonyl (C=O) groups excluding carboxylic acids is 4. The molecule has 1 aliphatic rings. The zero-order chi connectivity index (χ0) is 83.2. The summed E-state index contributed by atoms with van der Waals surface area (Å²) in [5.74, 6) is 6.63. The van der Waals surface area contributed by atoms with Gasteiger partial charge in [-0.25, -0.2) is 39.9 Å². The van der Waals surface area contributed by atoms with Crippen molar-refractivity contribution < 1.29 is 19.2 Å². The van der Waals surface area contributed by atoms with Crippen LogP contribution in [0.1, 0.15) is 107 Å². The van der Waals surface area contributed by atoms with Crippen molar-refractivity contribution in [3.8, 4) is 45.6 Å². The number of rotatable bonds is 23. The Labute approximate surface area is 697 Å². The molecule has 8 heterocycles. The maximum Gasteiger partial charge on any atom is 0.271 e. The van der Waals surface area contributed by atoms with Gasteiger partial charge < -0.3 is 41.7 Å². The highest BCUT2D eigenvalue weighted by Crippen LogP contribution is 2.33. The van der Waals surface area contributed by atoms with Crippen molar-refractivity contribution in [1.82, 2.24) is 101 Å². The van der Waals surface area contributed by atoms with Crippen LogP contribution in [0.2, 0.25) is 0 Å². The summed E-state index contributed by atoms with van der Waals surface area (Å²) in [4.78, 5) is 91.1. The summed E-state index contributed by atoms with van der Waals surface area (Å²) in [6, 6.07) is 87.4. The number of nitrogens with one attached hydrogen (secondary N) is 10. The molecule has 0 bridgehead atoms. The van der Waals surface area contributed by atoms with Crippen LogP contribution in [0, 0.1) is 0 Å². The lowest BCUT2D eigenvalue weighted by Gasteiger charge is -2.22. The fraction of sp³-hybridized carbons (Fsp3) is 0.161. The fourth-order valence-corrected chi connectivity index (χ4v) is 13.7. The van der Waals surface area contributed by atoms with Crippen molar-refractivity contribution in [1.29, 1.82) is 0 Å². The first-order valence-electron chi connectivity index (χ1n) is 40.1. The number of nitrogens with zero attached hydrogens (tertiary/aromatic N) is 14. The molecular formula is C93H88N24O4. The van der Waals surface area contributed by atoms with Crippen molar-refractivity contribution in [2.75, 3.05) is 47.9 Å². The lowest BCUT2D eigenvalue weighted by atomic mass is 9.95. The highest BCUT2D eigenvalue weighted by Gasteiger charge is 2.23. The highest BCUT2D eigenvalue weighted by molar-refractivity contribution is 5.99. The average Bonchev–Trinajstić information content (AvgIpc) is 1.66. The topological polar surface area (TPSA) is 365 Å². The first-order chi connectivity index (χ1) is 59.4. The molecule has 0 unspecified atom stereocenters. The lowest BCUT2D eigenvalue weighted by molar-refractivity contribution is 0.0763. The second kappa shape index (κ2) is 38.8. The van der Waals surface area contributed by atoms with Crippen LogP contribution in [-0.4, -0.2) is 147 Å². The first kappa shape index (κ1) is 80.4. The molecule has 0 atom stereocenters. The fourth-order valence-electron chi connectivity index (χ4n) is 13.7. The number of aromatic amines is 4. The van der Waals surface area contributed by atoms with E-state index in [-0.39, 0.29) is 29.7 Å².